The number of aromatic nitrogens is 3. The summed E-state index contributed by atoms with van der Waals surface area (Å²) in [6.07, 6.45) is -3.61. The molecule has 0 saturated carbocycles. The van der Waals surface area contributed by atoms with Crippen LogP contribution in [0.3, 0.4) is 0 Å². The molecule has 0 aliphatic rings. The number of hydrogen-bond acceptors (Lipinski definition) is 3. The van der Waals surface area contributed by atoms with Crippen molar-refractivity contribution in [3.05, 3.63) is 71.3 Å². The Morgan fingerprint density at radius 2 is 1.43 bits per heavy atom. The van der Waals surface area contributed by atoms with Gasteiger partial charge in [0.05, 0.1) is 5.56 Å². The van der Waals surface area contributed by atoms with Gasteiger partial charge in [-0.05, 0) is 70.2 Å². The molecule has 0 fully saturated rings. The summed E-state index contributed by atoms with van der Waals surface area (Å²) in [6, 6.07) is 15.2. The fourth-order valence-corrected chi connectivity index (χ4v) is 5.06. The number of halogens is 3. The average molecular weight is 510 g/mol. The summed E-state index contributed by atoms with van der Waals surface area (Å²) < 4.78 is 39.8. The van der Waals surface area contributed by atoms with Gasteiger partial charge in [0.1, 0.15) is 16.7 Å². The van der Waals surface area contributed by atoms with E-state index in [9.17, 15) is 18.3 Å². The van der Waals surface area contributed by atoms with Gasteiger partial charge in [-0.2, -0.15) is 13.2 Å². The highest BCUT2D eigenvalue weighted by Gasteiger charge is 2.32. The fourth-order valence-electron chi connectivity index (χ4n) is 5.06. The van der Waals surface area contributed by atoms with E-state index in [1.807, 2.05) is 36.4 Å². The molecular formula is C30H34F3N3O. The van der Waals surface area contributed by atoms with E-state index >= 15 is 0 Å². The topological polar surface area (TPSA) is 50.9 Å². The van der Waals surface area contributed by atoms with Crippen molar-refractivity contribution in [1.82, 2.24) is 15.0 Å². The van der Waals surface area contributed by atoms with Crippen LogP contribution in [0.25, 0.3) is 27.8 Å². The third-order valence-corrected chi connectivity index (χ3v) is 6.66. The minimum absolute atomic E-state index is 0.0241. The normalized spacial score (nSPS) is 13.1. The summed E-state index contributed by atoms with van der Waals surface area (Å²) in [5.41, 5.74) is 3.38. The van der Waals surface area contributed by atoms with Crippen molar-refractivity contribution < 1.29 is 18.3 Å². The molecule has 0 saturated heterocycles. The lowest BCUT2D eigenvalue weighted by Crippen LogP contribution is -2.25. The lowest BCUT2D eigenvalue weighted by atomic mass is 9.71. The van der Waals surface area contributed by atoms with Crippen LogP contribution in [0.15, 0.2) is 54.6 Å². The van der Waals surface area contributed by atoms with Crippen LogP contribution in [0.4, 0.5) is 13.2 Å². The van der Waals surface area contributed by atoms with Gasteiger partial charge in [0, 0.05) is 5.56 Å². The molecule has 0 bridgehead atoms. The van der Waals surface area contributed by atoms with Crippen LogP contribution in [-0.2, 0) is 11.6 Å². The first-order chi connectivity index (χ1) is 17.0. The maximum atomic E-state index is 13.3. The standard InChI is InChI=1S/C30H34F3N3O/c1-18(2)19-8-10-20(11-9-19)23-14-22(29(6,7)17-28(3,4)5)16-26(27(23)37)36-34-24-13-12-21(30(31,32)33)15-25(24)35-36/h8-16,18,37H,17H2,1-7H3. The number of hydrogen-bond donors (Lipinski definition) is 1. The quantitative estimate of drug-likeness (QED) is 0.293. The van der Waals surface area contributed by atoms with E-state index in [0.717, 1.165) is 29.7 Å². The van der Waals surface area contributed by atoms with E-state index in [4.69, 9.17) is 0 Å². The summed E-state index contributed by atoms with van der Waals surface area (Å²) in [7, 11) is 0. The monoisotopic (exact) mass is 509 g/mol. The molecule has 0 aliphatic carbocycles. The predicted octanol–water partition coefficient (Wildman–Crippen LogP) is 8.65. The van der Waals surface area contributed by atoms with Crippen molar-refractivity contribution >= 4 is 11.0 Å². The lowest BCUT2D eigenvalue weighted by molar-refractivity contribution is -0.137. The van der Waals surface area contributed by atoms with E-state index in [2.05, 4.69) is 58.7 Å². The Kier molecular flexibility index (Phi) is 6.63. The molecule has 0 radical (unpaired) electrons. The SMILES string of the molecule is CC(C)c1ccc(-c2cc(C(C)(C)CC(C)(C)C)cc(-n3nc4ccc(C(F)(F)F)cc4n3)c2O)cc1. The van der Waals surface area contributed by atoms with E-state index in [0.29, 0.717) is 22.7 Å². The van der Waals surface area contributed by atoms with Crippen molar-refractivity contribution in [2.75, 3.05) is 0 Å². The minimum atomic E-state index is -4.48. The zero-order chi connectivity index (χ0) is 27.3. The van der Waals surface area contributed by atoms with E-state index in [1.54, 1.807) is 0 Å². The van der Waals surface area contributed by atoms with Crippen LogP contribution in [0, 0.1) is 5.41 Å². The highest BCUT2D eigenvalue weighted by molar-refractivity contribution is 5.78. The molecule has 3 aromatic carbocycles. The van der Waals surface area contributed by atoms with Crippen LogP contribution in [-0.4, -0.2) is 20.1 Å². The smallest absolute Gasteiger partial charge is 0.416 e. The number of phenolic OH excluding ortho intramolecular Hbond substituents is 1. The highest BCUT2D eigenvalue weighted by atomic mass is 19.4. The number of aromatic hydroxyl groups is 1. The zero-order valence-electron chi connectivity index (χ0n) is 22.4. The van der Waals surface area contributed by atoms with Crippen molar-refractivity contribution in [1.29, 1.82) is 0 Å². The first kappa shape index (κ1) is 26.7. The molecular weight excluding hydrogens is 475 g/mol. The summed E-state index contributed by atoms with van der Waals surface area (Å²) >= 11 is 0. The number of benzene rings is 3. The first-order valence-corrected chi connectivity index (χ1v) is 12.5. The molecule has 0 unspecified atom stereocenters. The second kappa shape index (κ2) is 9.19. The van der Waals surface area contributed by atoms with Gasteiger partial charge in [0.2, 0.25) is 0 Å². The second-order valence-electron chi connectivity index (χ2n) is 12.0. The second-order valence-corrected chi connectivity index (χ2v) is 12.0. The Bertz CT molecular complexity index is 1430. The third-order valence-electron chi connectivity index (χ3n) is 6.66. The van der Waals surface area contributed by atoms with Gasteiger partial charge in [0.25, 0.3) is 0 Å². The molecule has 4 nitrogen and oxygen atoms in total. The van der Waals surface area contributed by atoms with E-state index in [1.165, 1.54) is 16.4 Å². The minimum Gasteiger partial charge on any atom is -0.505 e. The largest absolute Gasteiger partial charge is 0.505 e. The summed E-state index contributed by atoms with van der Waals surface area (Å²) in [4.78, 5) is 1.24. The maximum absolute atomic E-state index is 13.3. The Hall–Kier alpha value is -3.35. The van der Waals surface area contributed by atoms with Gasteiger partial charge in [-0.15, -0.1) is 15.0 Å². The molecule has 1 N–H and O–H groups in total. The van der Waals surface area contributed by atoms with Crippen LogP contribution in [0.5, 0.6) is 5.75 Å². The van der Waals surface area contributed by atoms with Gasteiger partial charge in [-0.3, -0.25) is 0 Å². The Morgan fingerprint density at radius 3 is 2.00 bits per heavy atom. The fraction of sp³-hybridized carbons (Fsp3) is 0.400. The molecule has 196 valence electrons. The Morgan fingerprint density at radius 1 is 0.811 bits per heavy atom. The number of nitrogens with zero attached hydrogens (tertiary/aromatic N) is 3. The Balaban J connectivity index is 1.92. The molecule has 4 aromatic rings. The van der Waals surface area contributed by atoms with Crippen LogP contribution >= 0.6 is 0 Å². The number of fused-ring (bicyclic) bond motifs is 1. The van der Waals surface area contributed by atoms with E-state index < -0.39 is 11.7 Å². The highest BCUT2D eigenvalue weighted by Crippen LogP contribution is 2.43. The molecule has 1 aromatic heterocycles. The van der Waals surface area contributed by atoms with Crippen molar-refractivity contribution in [2.24, 2.45) is 5.41 Å². The van der Waals surface area contributed by atoms with Crippen LogP contribution < -0.4 is 0 Å². The number of rotatable bonds is 5. The van der Waals surface area contributed by atoms with Crippen molar-refractivity contribution in [2.45, 2.75) is 72.4 Å². The summed E-state index contributed by atoms with van der Waals surface area (Å²) in [5, 5.41) is 20.2. The van der Waals surface area contributed by atoms with Gasteiger partial charge >= 0.3 is 6.18 Å². The van der Waals surface area contributed by atoms with Crippen LogP contribution in [0.1, 0.15) is 77.5 Å². The molecule has 0 atom stereocenters. The summed E-state index contributed by atoms with van der Waals surface area (Å²) in [6.45, 7) is 15.1. The van der Waals surface area contributed by atoms with Gasteiger partial charge in [-0.1, -0.05) is 72.7 Å². The van der Waals surface area contributed by atoms with Crippen LogP contribution in [0.2, 0.25) is 0 Å². The van der Waals surface area contributed by atoms with E-state index in [-0.39, 0.29) is 22.1 Å². The molecule has 37 heavy (non-hydrogen) atoms. The van der Waals surface area contributed by atoms with Gasteiger partial charge < -0.3 is 5.11 Å². The predicted molar refractivity (Wildman–Crippen MR) is 142 cm³/mol. The third kappa shape index (κ3) is 5.65. The summed E-state index contributed by atoms with van der Waals surface area (Å²) in [5.74, 6) is 0.349. The molecule has 1 heterocycles. The van der Waals surface area contributed by atoms with Crippen molar-refractivity contribution in [3.8, 4) is 22.6 Å². The molecule has 0 spiro atoms. The lowest BCUT2D eigenvalue weighted by Gasteiger charge is -2.33. The number of phenols is 1. The maximum Gasteiger partial charge on any atom is 0.416 e. The van der Waals surface area contributed by atoms with Crippen molar-refractivity contribution in [3.63, 3.8) is 0 Å². The zero-order valence-corrected chi connectivity index (χ0v) is 22.4. The Labute approximate surface area is 216 Å². The number of alkyl halides is 3. The van der Waals surface area contributed by atoms with Gasteiger partial charge in [0.15, 0.2) is 5.75 Å². The molecule has 0 aliphatic heterocycles. The average Bonchev–Trinajstić information content (AvgIpc) is 3.20. The molecule has 0 amide bonds. The molecule has 4 rings (SSSR count). The van der Waals surface area contributed by atoms with Gasteiger partial charge in [-0.25, -0.2) is 0 Å². The molecule has 7 heteroatoms. The first-order valence-electron chi connectivity index (χ1n) is 12.5.